The molecule has 1 rings (SSSR count). The molecule has 0 amide bonds. The summed E-state index contributed by atoms with van der Waals surface area (Å²) in [6, 6.07) is 3.05. The summed E-state index contributed by atoms with van der Waals surface area (Å²) in [5.41, 5.74) is 2.90. The lowest BCUT2D eigenvalue weighted by Crippen LogP contribution is -2.07. The normalized spacial score (nSPS) is 12.6. The Morgan fingerprint density at radius 1 is 1.53 bits per heavy atom. The summed E-state index contributed by atoms with van der Waals surface area (Å²) in [4.78, 5) is 3.96. The predicted molar refractivity (Wildman–Crippen MR) is 77.3 cm³/mol. The van der Waals surface area contributed by atoms with Gasteiger partial charge in [-0.1, -0.05) is 26.7 Å². The zero-order chi connectivity index (χ0) is 14.1. The van der Waals surface area contributed by atoms with Crippen LogP contribution < -0.4 is 10.7 Å². The Morgan fingerprint density at radius 3 is 2.84 bits per heavy atom. The van der Waals surface area contributed by atoms with Crippen LogP contribution in [0.25, 0.3) is 0 Å². The third-order valence-electron chi connectivity index (χ3n) is 2.89. The van der Waals surface area contributed by atoms with Crippen molar-refractivity contribution in [1.29, 1.82) is 0 Å². The van der Waals surface area contributed by atoms with E-state index < -0.39 is 0 Å². The zero-order valence-electron chi connectivity index (χ0n) is 11.4. The summed E-state index contributed by atoms with van der Waals surface area (Å²) in [5, 5.41) is 23.2. The molecule has 19 heavy (non-hydrogen) atoms. The average Bonchev–Trinajstić information content (AvgIpc) is 2.43. The van der Waals surface area contributed by atoms with Gasteiger partial charge in [0, 0.05) is 6.21 Å². The Morgan fingerprint density at radius 2 is 2.32 bits per heavy atom. The smallest absolute Gasteiger partial charge is 0.146 e. The minimum Gasteiger partial charge on any atom is -0.733 e. The maximum atomic E-state index is 10.6. The molecule has 0 saturated heterocycles. The number of nitrogens with one attached hydrogen (secondary N) is 1. The van der Waals surface area contributed by atoms with Gasteiger partial charge in [0.2, 0.25) is 0 Å². The average molecular weight is 265 g/mol. The molecule has 0 spiro atoms. The number of aromatic nitrogens is 1. The van der Waals surface area contributed by atoms with Crippen LogP contribution in [-0.4, -0.2) is 16.4 Å². The van der Waals surface area contributed by atoms with Crippen molar-refractivity contribution < 1.29 is 5.21 Å². The van der Waals surface area contributed by atoms with E-state index in [1.807, 2.05) is 6.21 Å². The van der Waals surface area contributed by atoms with Crippen molar-refractivity contribution in [2.75, 3.05) is 10.7 Å². The molecule has 1 unspecified atom stereocenters. The highest BCUT2D eigenvalue weighted by Gasteiger charge is 2.01. The van der Waals surface area contributed by atoms with Crippen molar-refractivity contribution in [1.82, 2.24) is 4.98 Å². The number of rotatable bonds is 8. The number of hydrazone groups is 1. The Balaban J connectivity index is 2.46. The van der Waals surface area contributed by atoms with Gasteiger partial charge in [-0.05, 0) is 30.9 Å². The molecular weight excluding hydrogens is 244 g/mol. The molecule has 0 aliphatic heterocycles. The fraction of sp³-hybridized carbons (Fsp3) is 0.538. The molecule has 6 nitrogen and oxygen atoms in total. The van der Waals surface area contributed by atoms with Gasteiger partial charge >= 0.3 is 0 Å². The van der Waals surface area contributed by atoms with E-state index in [-0.39, 0.29) is 10.9 Å². The summed E-state index contributed by atoms with van der Waals surface area (Å²) in [7, 11) is 0. The second-order valence-electron chi connectivity index (χ2n) is 4.38. The molecule has 1 aromatic rings. The lowest BCUT2D eigenvalue weighted by Gasteiger charge is -2.20. The highest BCUT2D eigenvalue weighted by atomic mass is 16.8. The second kappa shape index (κ2) is 8.44. The Bertz CT molecular complexity index is 379. The van der Waals surface area contributed by atoms with Gasteiger partial charge < -0.3 is 10.4 Å². The van der Waals surface area contributed by atoms with Crippen LogP contribution in [0.5, 0.6) is 0 Å². The van der Waals surface area contributed by atoms with Crippen LogP contribution in [-0.2, 0) is 0 Å². The van der Waals surface area contributed by atoms with Crippen molar-refractivity contribution in [2.45, 2.75) is 39.5 Å². The summed E-state index contributed by atoms with van der Waals surface area (Å²) >= 11 is 0. The van der Waals surface area contributed by atoms with Crippen molar-refractivity contribution in [2.24, 2.45) is 11.0 Å². The number of unbranched alkanes of at least 4 members (excludes halogenated alkanes) is 1. The molecule has 6 heteroatoms. The number of hydrogen-bond acceptors (Lipinski definition) is 6. The molecule has 0 fully saturated rings. The first-order valence-electron chi connectivity index (χ1n) is 6.58. The molecule has 0 radical (unpaired) electrons. The van der Waals surface area contributed by atoms with Crippen LogP contribution in [0.3, 0.4) is 0 Å². The van der Waals surface area contributed by atoms with E-state index in [2.05, 4.69) is 29.4 Å². The maximum absolute atomic E-state index is 10.6. The minimum atomic E-state index is -0.224. The molecule has 1 heterocycles. The number of nitrogens with zero attached hydrogens (tertiary/aromatic N) is 3. The second-order valence-corrected chi connectivity index (χ2v) is 4.38. The summed E-state index contributed by atoms with van der Waals surface area (Å²) in [6.07, 6.45) is 7.77. The molecule has 1 atom stereocenters. The fourth-order valence-electron chi connectivity index (χ4n) is 1.62. The van der Waals surface area contributed by atoms with Crippen LogP contribution in [0.4, 0.5) is 11.5 Å². The van der Waals surface area contributed by atoms with Crippen molar-refractivity contribution in [3.8, 4) is 0 Å². The van der Waals surface area contributed by atoms with E-state index in [1.54, 1.807) is 6.07 Å². The minimum absolute atomic E-state index is 0.0870. The van der Waals surface area contributed by atoms with E-state index in [4.69, 9.17) is 5.21 Å². The lowest BCUT2D eigenvalue weighted by molar-refractivity contribution is 0.296. The van der Waals surface area contributed by atoms with Gasteiger partial charge in [-0.3, -0.25) is 10.6 Å². The summed E-state index contributed by atoms with van der Waals surface area (Å²) in [6.45, 7) is 4.32. The fourth-order valence-corrected chi connectivity index (χ4v) is 1.62. The predicted octanol–water partition coefficient (Wildman–Crippen LogP) is 3.39. The van der Waals surface area contributed by atoms with E-state index in [1.165, 1.54) is 25.1 Å². The van der Waals surface area contributed by atoms with Gasteiger partial charge in [0.15, 0.2) is 0 Å². The molecule has 0 aliphatic carbocycles. The third-order valence-corrected chi connectivity index (χ3v) is 2.89. The first kappa shape index (κ1) is 15.4. The quantitative estimate of drug-likeness (QED) is 0.556. The Kier molecular flexibility index (Phi) is 6.84. The first-order chi connectivity index (χ1) is 9.17. The van der Waals surface area contributed by atoms with E-state index in [0.29, 0.717) is 11.7 Å². The molecule has 0 bridgehead atoms. The standard InChI is InChI=1S/C13H21N4O2/c1-3-5-6-11(4-2)9-15-16-13-8-7-12(10-14-13)17(18)19/h7-11,18H,3-6H2,1-2H3,(H,14,16)/q-1/b15-9+. The number of hydrogen-bond donors (Lipinski definition) is 2. The molecule has 0 aliphatic rings. The Hall–Kier alpha value is -1.66. The highest BCUT2D eigenvalue weighted by molar-refractivity contribution is 5.62. The molecule has 0 saturated carbocycles. The maximum Gasteiger partial charge on any atom is 0.146 e. The topological polar surface area (TPSA) is 83.8 Å². The van der Waals surface area contributed by atoms with Crippen LogP contribution in [0, 0.1) is 11.1 Å². The van der Waals surface area contributed by atoms with Gasteiger partial charge in [0.1, 0.15) is 5.82 Å². The van der Waals surface area contributed by atoms with Gasteiger partial charge in [0.05, 0.1) is 11.9 Å². The van der Waals surface area contributed by atoms with Gasteiger partial charge in [-0.25, -0.2) is 4.98 Å². The summed E-state index contributed by atoms with van der Waals surface area (Å²) < 4.78 is 0. The number of pyridine rings is 1. The number of anilines is 2. The van der Waals surface area contributed by atoms with Crippen molar-refractivity contribution >= 4 is 17.7 Å². The van der Waals surface area contributed by atoms with E-state index >= 15 is 0 Å². The lowest BCUT2D eigenvalue weighted by atomic mass is 10.0. The highest BCUT2D eigenvalue weighted by Crippen LogP contribution is 2.13. The Labute approximate surface area is 113 Å². The monoisotopic (exact) mass is 265 g/mol. The summed E-state index contributed by atoms with van der Waals surface area (Å²) in [5.74, 6) is 1.01. The molecule has 106 valence electrons. The van der Waals surface area contributed by atoms with Crippen LogP contribution in [0.2, 0.25) is 0 Å². The van der Waals surface area contributed by atoms with Gasteiger partial charge in [-0.2, -0.15) is 5.10 Å². The van der Waals surface area contributed by atoms with Crippen molar-refractivity contribution in [3.63, 3.8) is 0 Å². The molecular formula is C13H21N4O2-. The largest absolute Gasteiger partial charge is 0.733 e. The molecule has 0 aromatic carbocycles. The molecule has 1 aromatic heterocycles. The van der Waals surface area contributed by atoms with Crippen molar-refractivity contribution in [3.05, 3.63) is 23.5 Å². The van der Waals surface area contributed by atoms with Gasteiger partial charge in [-0.15, -0.1) is 0 Å². The van der Waals surface area contributed by atoms with Crippen LogP contribution in [0.1, 0.15) is 39.5 Å². The van der Waals surface area contributed by atoms with E-state index in [9.17, 15) is 5.21 Å². The van der Waals surface area contributed by atoms with Gasteiger partial charge in [0.25, 0.3) is 0 Å². The van der Waals surface area contributed by atoms with Crippen LogP contribution >= 0.6 is 0 Å². The van der Waals surface area contributed by atoms with E-state index in [0.717, 1.165) is 12.8 Å². The zero-order valence-corrected chi connectivity index (χ0v) is 11.4. The SMILES string of the molecule is CCCCC(/C=N/Nc1ccc(N([O-])O)cn1)CC. The third kappa shape index (κ3) is 5.67. The molecule has 2 N–H and O–H groups in total. The van der Waals surface area contributed by atoms with Crippen LogP contribution in [0.15, 0.2) is 23.4 Å². The first-order valence-corrected chi connectivity index (χ1v) is 6.58.